The van der Waals surface area contributed by atoms with Gasteiger partial charge in [-0.05, 0) is 42.0 Å². The van der Waals surface area contributed by atoms with E-state index < -0.39 is 12.6 Å². The smallest absolute Gasteiger partial charge is 0.341 e. The van der Waals surface area contributed by atoms with Crippen LogP contribution in [0.25, 0.3) is 6.08 Å². The number of benzene rings is 2. The van der Waals surface area contributed by atoms with Crippen LogP contribution in [0.1, 0.15) is 15.9 Å². The molecule has 124 valence electrons. The molecule has 0 aliphatic rings. The highest BCUT2D eigenvalue weighted by Crippen LogP contribution is 2.28. The van der Waals surface area contributed by atoms with Gasteiger partial charge in [0.15, 0.2) is 23.9 Å². The Morgan fingerprint density at radius 1 is 1.12 bits per heavy atom. The molecule has 0 bridgehead atoms. The lowest BCUT2D eigenvalue weighted by Gasteiger charge is -2.09. The van der Waals surface area contributed by atoms with Gasteiger partial charge in [-0.15, -0.1) is 0 Å². The third kappa shape index (κ3) is 4.67. The second-order valence-electron chi connectivity index (χ2n) is 4.80. The maximum Gasteiger partial charge on any atom is 0.341 e. The molecule has 24 heavy (non-hydrogen) atoms. The van der Waals surface area contributed by atoms with Crippen molar-refractivity contribution >= 4 is 17.8 Å². The summed E-state index contributed by atoms with van der Waals surface area (Å²) in [6, 6.07) is 10.2. The maximum absolute atomic E-state index is 12.8. The molecule has 0 saturated heterocycles. The maximum atomic E-state index is 12.8. The zero-order chi connectivity index (χ0) is 17.5. The number of carbonyl (C=O) groups is 2. The lowest BCUT2D eigenvalue weighted by molar-refractivity contribution is -0.139. The van der Waals surface area contributed by atoms with Gasteiger partial charge in [-0.25, -0.2) is 9.18 Å². The molecule has 2 aromatic carbocycles. The average Bonchev–Trinajstić information content (AvgIpc) is 2.59. The monoisotopic (exact) mass is 330 g/mol. The van der Waals surface area contributed by atoms with Crippen molar-refractivity contribution in [3.8, 4) is 11.5 Å². The van der Waals surface area contributed by atoms with Gasteiger partial charge in [-0.3, -0.25) is 4.79 Å². The fourth-order valence-corrected chi connectivity index (χ4v) is 1.92. The van der Waals surface area contributed by atoms with Crippen molar-refractivity contribution in [3.05, 3.63) is 65.5 Å². The number of methoxy groups -OCH3 is 1. The average molecular weight is 330 g/mol. The van der Waals surface area contributed by atoms with E-state index in [1.54, 1.807) is 18.2 Å². The fraction of sp³-hybridized carbons (Fsp3) is 0.111. The van der Waals surface area contributed by atoms with Crippen LogP contribution in [-0.2, 0) is 4.79 Å². The first-order chi connectivity index (χ1) is 11.5. The first-order valence-electron chi connectivity index (χ1n) is 7.00. The van der Waals surface area contributed by atoms with Gasteiger partial charge in [0.1, 0.15) is 5.82 Å². The van der Waals surface area contributed by atoms with E-state index in [4.69, 9.17) is 14.6 Å². The molecule has 0 aliphatic heterocycles. The largest absolute Gasteiger partial charge is 0.493 e. The predicted molar refractivity (Wildman–Crippen MR) is 85.9 cm³/mol. The van der Waals surface area contributed by atoms with Gasteiger partial charge in [-0.1, -0.05) is 18.2 Å². The van der Waals surface area contributed by atoms with Gasteiger partial charge < -0.3 is 14.6 Å². The van der Waals surface area contributed by atoms with Crippen molar-refractivity contribution in [2.75, 3.05) is 13.7 Å². The van der Waals surface area contributed by atoms with Gasteiger partial charge in [0.05, 0.1) is 7.11 Å². The molecule has 0 heterocycles. The summed E-state index contributed by atoms with van der Waals surface area (Å²) < 4.78 is 23.0. The molecular formula is C18H15FO5. The normalized spacial score (nSPS) is 10.6. The van der Waals surface area contributed by atoms with E-state index in [9.17, 15) is 14.0 Å². The first kappa shape index (κ1) is 17.2. The Hall–Kier alpha value is -3.15. The molecule has 0 saturated carbocycles. The number of hydrogen-bond donors (Lipinski definition) is 1. The number of carbonyl (C=O) groups excluding carboxylic acids is 1. The zero-order valence-electron chi connectivity index (χ0n) is 12.9. The Morgan fingerprint density at radius 3 is 2.46 bits per heavy atom. The first-order valence-corrected chi connectivity index (χ1v) is 7.00. The van der Waals surface area contributed by atoms with E-state index in [2.05, 4.69) is 0 Å². The van der Waals surface area contributed by atoms with Crippen LogP contribution in [0.3, 0.4) is 0 Å². The lowest BCUT2D eigenvalue weighted by Crippen LogP contribution is -2.10. The third-order valence-electron chi connectivity index (χ3n) is 3.10. The highest BCUT2D eigenvalue weighted by Gasteiger charge is 2.10. The van der Waals surface area contributed by atoms with E-state index in [1.807, 2.05) is 0 Å². The number of aliphatic carboxylic acids is 1. The molecule has 0 unspecified atom stereocenters. The number of carboxylic acids is 1. The molecule has 6 heteroatoms. The highest BCUT2D eigenvalue weighted by atomic mass is 19.1. The van der Waals surface area contributed by atoms with Gasteiger partial charge in [-0.2, -0.15) is 0 Å². The molecule has 0 fully saturated rings. The minimum Gasteiger partial charge on any atom is -0.493 e. The Kier molecular flexibility index (Phi) is 5.68. The van der Waals surface area contributed by atoms with Gasteiger partial charge >= 0.3 is 5.97 Å². The number of ether oxygens (including phenoxy) is 2. The van der Waals surface area contributed by atoms with Gasteiger partial charge in [0.25, 0.3) is 0 Å². The number of ketones is 1. The molecule has 0 radical (unpaired) electrons. The number of halogens is 1. The van der Waals surface area contributed by atoms with Crippen LogP contribution in [0.5, 0.6) is 11.5 Å². The minimum absolute atomic E-state index is 0.235. The summed E-state index contributed by atoms with van der Waals surface area (Å²) in [6.45, 7) is -0.506. The van der Waals surface area contributed by atoms with Crippen LogP contribution >= 0.6 is 0 Å². The van der Waals surface area contributed by atoms with Crippen LogP contribution in [-0.4, -0.2) is 30.6 Å². The third-order valence-corrected chi connectivity index (χ3v) is 3.10. The zero-order valence-corrected chi connectivity index (χ0v) is 12.9. The van der Waals surface area contributed by atoms with E-state index >= 15 is 0 Å². The van der Waals surface area contributed by atoms with Crippen LogP contribution in [0.4, 0.5) is 4.39 Å². The molecule has 2 rings (SSSR count). The lowest BCUT2D eigenvalue weighted by atomic mass is 10.1. The molecule has 0 atom stereocenters. The second kappa shape index (κ2) is 7.92. The predicted octanol–water partition coefficient (Wildman–Crippen LogP) is 3.19. The molecular weight excluding hydrogens is 315 g/mol. The SMILES string of the molecule is COc1cc(C(=O)C=Cc2ccc(F)cc2)ccc1OCC(=O)O. The second-order valence-corrected chi connectivity index (χ2v) is 4.80. The summed E-state index contributed by atoms with van der Waals surface area (Å²) >= 11 is 0. The summed E-state index contributed by atoms with van der Waals surface area (Å²) in [7, 11) is 1.39. The van der Waals surface area contributed by atoms with E-state index in [0.29, 0.717) is 11.1 Å². The standard InChI is InChI=1S/C18H15FO5/c1-23-17-10-13(5-9-16(17)24-11-18(21)22)15(20)8-4-12-2-6-14(19)7-3-12/h2-10H,11H2,1H3,(H,21,22). The van der Waals surface area contributed by atoms with Crippen molar-refractivity contribution in [1.82, 2.24) is 0 Å². The van der Waals surface area contributed by atoms with Crippen LogP contribution in [0, 0.1) is 5.82 Å². The fourth-order valence-electron chi connectivity index (χ4n) is 1.92. The number of allylic oxidation sites excluding steroid dienone is 1. The summed E-state index contributed by atoms with van der Waals surface area (Å²) in [5, 5.41) is 8.62. The molecule has 0 spiro atoms. The van der Waals surface area contributed by atoms with E-state index in [0.717, 1.165) is 0 Å². The van der Waals surface area contributed by atoms with Gasteiger partial charge in [0, 0.05) is 5.56 Å². The van der Waals surface area contributed by atoms with Gasteiger partial charge in [0.2, 0.25) is 0 Å². The number of carboxylic acid groups (broad SMARTS) is 1. The van der Waals surface area contributed by atoms with Crippen molar-refractivity contribution in [2.45, 2.75) is 0 Å². The Morgan fingerprint density at radius 2 is 1.83 bits per heavy atom. The molecule has 0 aliphatic carbocycles. The van der Waals surface area contributed by atoms with Crippen LogP contribution in [0.2, 0.25) is 0 Å². The minimum atomic E-state index is -1.11. The molecule has 0 aromatic heterocycles. The van der Waals surface area contributed by atoms with E-state index in [1.165, 1.54) is 43.5 Å². The Balaban J connectivity index is 2.14. The Labute approximate surface area is 137 Å². The van der Waals surface area contributed by atoms with Crippen LogP contribution in [0.15, 0.2) is 48.5 Å². The number of hydrogen-bond acceptors (Lipinski definition) is 4. The van der Waals surface area contributed by atoms with E-state index in [-0.39, 0.29) is 23.1 Å². The summed E-state index contributed by atoms with van der Waals surface area (Å²) in [4.78, 5) is 22.7. The molecule has 2 aromatic rings. The summed E-state index contributed by atoms with van der Waals surface area (Å²) in [5.41, 5.74) is 1.05. The number of rotatable bonds is 7. The molecule has 1 N–H and O–H groups in total. The Bertz CT molecular complexity index is 765. The summed E-state index contributed by atoms with van der Waals surface area (Å²) in [5.74, 6) is -1.24. The quantitative estimate of drug-likeness (QED) is 0.623. The van der Waals surface area contributed by atoms with Crippen molar-refractivity contribution in [3.63, 3.8) is 0 Å². The van der Waals surface area contributed by atoms with Crippen molar-refractivity contribution < 1.29 is 28.6 Å². The topological polar surface area (TPSA) is 72.8 Å². The van der Waals surface area contributed by atoms with Crippen molar-refractivity contribution in [2.24, 2.45) is 0 Å². The molecule has 5 nitrogen and oxygen atoms in total. The molecule has 0 amide bonds. The summed E-state index contributed by atoms with van der Waals surface area (Å²) in [6.07, 6.45) is 2.93. The van der Waals surface area contributed by atoms with Crippen molar-refractivity contribution in [1.29, 1.82) is 0 Å². The van der Waals surface area contributed by atoms with Crippen LogP contribution < -0.4 is 9.47 Å². The highest BCUT2D eigenvalue weighted by molar-refractivity contribution is 6.07.